The summed E-state index contributed by atoms with van der Waals surface area (Å²) in [5.41, 5.74) is 4.82. The number of benzene rings is 3. The normalized spacial score (nSPS) is 20.9. The van der Waals surface area contributed by atoms with E-state index in [4.69, 9.17) is 14.5 Å². The Kier molecular flexibility index (Phi) is 4.31. The minimum absolute atomic E-state index is 0.362. The summed E-state index contributed by atoms with van der Waals surface area (Å²) in [6.07, 6.45) is 4.89. The summed E-state index contributed by atoms with van der Waals surface area (Å²) < 4.78 is 11.2. The van der Waals surface area contributed by atoms with Gasteiger partial charge in [-0.1, -0.05) is 49.2 Å². The van der Waals surface area contributed by atoms with Gasteiger partial charge in [0.25, 0.3) is 0 Å². The predicted molar refractivity (Wildman–Crippen MR) is 114 cm³/mol. The van der Waals surface area contributed by atoms with Gasteiger partial charge in [0.1, 0.15) is 0 Å². The number of aliphatic imine (C=N–C) groups is 1. The summed E-state index contributed by atoms with van der Waals surface area (Å²) in [5, 5.41) is 2.50. The molecule has 1 aliphatic heterocycles. The lowest BCUT2D eigenvalue weighted by Crippen LogP contribution is -2.29. The van der Waals surface area contributed by atoms with E-state index >= 15 is 0 Å². The Bertz CT molecular complexity index is 1070. The highest BCUT2D eigenvalue weighted by molar-refractivity contribution is 6.16. The summed E-state index contributed by atoms with van der Waals surface area (Å²) in [5.74, 6) is 2.06. The summed E-state index contributed by atoms with van der Waals surface area (Å²) in [6.45, 7) is 0. The maximum absolute atomic E-state index is 5.62. The Hall–Kier alpha value is -2.81. The lowest BCUT2D eigenvalue weighted by Gasteiger charge is -2.35. The minimum atomic E-state index is 0.362. The second-order valence-corrected chi connectivity index (χ2v) is 7.79. The van der Waals surface area contributed by atoms with Gasteiger partial charge in [-0.25, -0.2) is 0 Å². The first-order chi connectivity index (χ1) is 13.8. The highest BCUT2D eigenvalue weighted by atomic mass is 16.5. The molecule has 2 aliphatic rings. The molecule has 0 aromatic heterocycles. The van der Waals surface area contributed by atoms with E-state index in [-0.39, 0.29) is 0 Å². The number of ether oxygens (including phenoxy) is 2. The van der Waals surface area contributed by atoms with Gasteiger partial charge in [0.2, 0.25) is 0 Å². The van der Waals surface area contributed by atoms with Crippen molar-refractivity contribution < 1.29 is 9.47 Å². The third-order valence-corrected chi connectivity index (χ3v) is 6.26. The first-order valence-corrected chi connectivity index (χ1v) is 10.1. The number of rotatable bonds is 3. The van der Waals surface area contributed by atoms with Gasteiger partial charge in [0.05, 0.1) is 26.0 Å². The molecule has 0 spiro atoms. The van der Waals surface area contributed by atoms with Crippen molar-refractivity contribution in [3.8, 4) is 11.5 Å². The molecule has 2 atom stereocenters. The minimum Gasteiger partial charge on any atom is -0.493 e. The monoisotopic (exact) mass is 371 g/mol. The van der Waals surface area contributed by atoms with Crippen molar-refractivity contribution >= 4 is 16.5 Å². The van der Waals surface area contributed by atoms with Crippen molar-refractivity contribution in [2.24, 2.45) is 4.99 Å². The molecular formula is C25H25NO2. The Morgan fingerprint density at radius 2 is 1.57 bits per heavy atom. The van der Waals surface area contributed by atoms with E-state index in [1.807, 2.05) is 0 Å². The number of hydrogen-bond donors (Lipinski definition) is 0. The molecule has 3 nitrogen and oxygen atoms in total. The quantitative estimate of drug-likeness (QED) is 0.588. The fourth-order valence-electron chi connectivity index (χ4n) is 4.84. The second kappa shape index (κ2) is 6.97. The van der Waals surface area contributed by atoms with E-state index in [1.165, 1.54) is 46.7 Å². The Morgan fingerprint density at radius 3 is 2.39 bits per heavy atom. The predicted octanol–water partition coefficient (Wildman–Crippen LogP) is 5.73. The standard InChI is InChI=1S/C25H25NO2/c1-27-23-14-20-19-9-5-6-10-22(19)26-25(21(20)15-24(23)28-2)18-12-11-16-7-3-4-8-17(16)13-18/h3-4,7-8,11-15,19,22H,5-6,9-10H2,1-2H3/t19-,22-/m0/s1. The molecule has 3 heteroatoms. The molecule has 0 unspecified atom stereocenters. The van der Waals surface area contributed by atoms with Gasteiger partial charge < -0.3 is 9.47 Å². The smallest absolute Gasteiger partial charge is 0.161 e. The SMILES string of the molecule is COc1cc2c(cc1OC)[C@@H]1CCCC[C@@H]1N=C2c1ccc2ccccc2c1. The van der Waals surface area contributed by atoms with Crippen molar-refractivity contribution in [3.63, 3.8) is 0 Å². The van der Waals surface area contributed by atoms with Gasteiger partial charge in [-0.05, 0) is 47.4 Å². The number of nitrogens with zero attached hydrogens (tertiary/aromatic N) is 1. The summed E-state index contributed by atoms with van der Waals surface area (Å²) in [4.78, 5) is 5.27. The van der Waals surface area contributed by atoms with Gasteiger partial charge in [0, 0.05) is 17.0 Å². The number of fused-ring (bicyclic) bond motifs is 4. The third kappa shape index (κ3) is 2.77. The molecule has 1 aliphatic carbocycles. The highest BCUT2D eigenvalue weighted by Crippen LogP contribution is 2.44. The molecule has 0 bridgehead atoms. The van der Waals surface area contributed by atoms with Crippen LogP contribution in [0.1, 0.15) is 48.3 Å². The van der Waals surface area contributed by atoms with Gasteiger partial charge in [0.15, 0.2) is 11.5 Å². The molecule has 5 rings (SSSR count). The number of methoxy groups -OCH3 is 2. The van der Waals surface area contributed by atoms with Crippen molar-refractivity contribution in [2.45, 2.75) is 37.6 Å². The van der Waals surface area contributed by atoms with E-state index in [9.17, 15) is 0 Å². The number of hydrogen-bond acceptors (Lipinski definition) is 3. The van der Waals surface area contributed by atoms with Gasteiger partial charge in [-0.2, -0.15) is 0 Å². The lowest BCUT2D eigenvalue weighted by atomic mass is 9.75. The average Bonchev–Trinajstić information content (AvgIpc) is 2.77. The van der Waals surface area contributed by atoms with Crippen LogP contribution in [-0.4, -0.2) is 26.0 Å². The summed E-state index contributed by atoms with van der Waals surface area (Å²) in [7, 11) is 3.41. The van der Waals surface area contributed by atoms with Crippen LogP contribution in [-0.2, 0) is 0 Å². The summed E-state index contributed by atoms with van der Waals surface area (Å²) >= 11 is 0. The van der Waals surface area contributed by atoms with Crippen molar-refractivity contribution in [1.29, 1.82) is 0 Å². The fraction of sp³-hybridized carbons (Fsp3) is 0.320. The van der Waals surface area contributed by atoms with E-state index in [0.717, 1.165) is 23.6 Å². The lowest BCUT2D eigenvalue weighted by molar-refractivity contribution is 0.349. The van der Waals surface area contributed by atoms with Crippen LogP contribution in [0.5, 0.6) is 11.5 Å². The zero-order valence-corrected chi connectivity index (χ0v) is 16.4. The topological polar surface area (TPSA) is 30.8 Å². The van der Waals surface area contributed by atoms with E-state index < -0.39 is 0 Å². The van der Waals surface area contributed by atoms with E-state index in [0.29, 0.717) is 12.0 Å². The second-order valence-electron chi connectivity index (χ2n) is 7.79. The van der Waals surface area contributed by atoms with Crippen molar-refractivity contribution in [2.75, 3.05) is 14.2 Å². The molecule has 1 saturated carbocycles. The van der Waals surface area contributed by atoms with Crippen molar-refractivity contribution in [3.05, 3.63) is 71.3 Å². The first-order valence-electron chi connectivity index (χ1n) is 10.1. The molecule has 1 heterocycles. The van der Waals surface area contributed by atoms with Gasteiger partial charge >= 0.3 is 0 Å². The summed E-state index contributed by atoms with van der Waals surface area (Å²) in [6, 6.07) is 19.8. The van der Waals surface area contributed by atoms with Crippen LogP contribution >= 0.6 is 0 Å². The molecule has 28 heavy (non-hydrogen) atoms. The molecular weight excluding hydrogens is 346 g/mol. The van der Waals surface area contributed by atoms with Gasteiger partial charge in [-0.15, -0.1) is 0 Å². The molecule has 0 radical (unpaired) electrons. The molecule has 0 saturated heterocycles. The molecule has 3 aromatic carbocycles. The average molecular weight is 371 g/mol. The molecule has 142 valence electrons. The first kappa shape index (κ1) is 17.3. The molecule has 0 amide bonds. The maximum Gasteiger partial charge on any atom is 0.161 e. The van der Waals surface area contributed by atoms with Crippen LogP contribution in [0.15, 0.2) is 59.6 Å². The zero-order valence-electron chi connectivity index (χ0n) is 16.4. The Morgan fingerprint density at radius 1 is 0.821 bits per heavy atom. The van der Waals surface area contributed by atoms with Crippen LogP contribution in [0.4, 0.5) is 0 Å². The highest BCUT2D eigenvalue weighted by Gasteiger charge is 2.34. The van der Waals surface area contributed by atoms with Crippen LogP contribution in [0.2, 0.25) is 0 Å². The Balaban J connectivity index is 1.71. The van der Waals surface area contributed by atoms with E-state index in [1.54, 1.807) is 14.2 Å². The molecule has 3 aromatic rings. The van der Waals surface area contributed by atoms with Crippen molar-refractivity contribution in [1.82, 2.24) is 0 Å². The molecule has 1 fully saturated rings. The maximum atomic E-state index is 5.62. The van der Waals surface area contributed by atoms with Gasteiger partial charge in [-0.3, -0.25) is 4.99 Å². The van der Waals surface area contributed by atoms with E-state index in [2.05, 4.69) is 54.6 Å². The van der Waals surface area contributed by atoms with Crippen LogP contribution in [0.25, 0.3) is 10.8 Å². The van der Waals surface area contributed by atoms with Crippen LogP contribution < -0.4 is 9.47 Å². The Labute approximate surface area is 166 Å². The molecule has 0 N–H and O–H groups in total. The van der Waals surface area contributed by atoms with Crippen LogP contribution in [0, 0.1) is 0 Å². The third-order valence-electron chi connectivity index (χ3n) is 6.26. The zero-order chi connectivity index (χ0) is 19.1. The largest absolute Gasteiger partial charge is 0.493 e. The van der Waals surface area contributed by atoms with Crippen LogP contribution in [0.3, 0.4) is 0 Å². The fourth-order valence-corrected chi connectivity index (χ4v) is 4.84.